The van der Waals surface area contributed by atoms with E-state index in [2.05, 4.69) is 0 Å². The van der Waals surface area contributed by atoms with Gasteiger partial charge in [-0.3, -0.25) is 4.31 Å². The van der Waals surface area contributed by atoms with E-state index in [9.17, 15) is 22.3 Å². The molecule has 8 heteroatoms. The molecule has 0 radical (unpaired) electrons. The van der Waals surface area contributed by atoms with Gasteiger partial charge >= 0.3 is 0 Å². The van der Waals surface area contributed by atoms with Gasteiger partial charge < -0.3 is 5.11 Å². The van der Waals surface area contributed by atoms with Crippen molar-refractivity contribution in [3.63, 3.8) is 0 Å². The minimum absolute atomic E-state index is 0.0141. The largest absolute Gasteiger partial charge is 0.508 e. The molecule has 0 saturated heterocycles. The van der Waals surface area contributed by atoms with Gasteiger partial charge in [0.15, 0.2) is 11.6 Å². The van der Waals surface area contributed by atoms with Crippen molar-refractivity contribution in [2.45, 2.75) is 18.4 Å². The number of hydrogen-bond donors (Lipinski definition) is 1. The van der Waals surface area contributed by atoms with E-state index in [0.29, 0.717) is 10.6 Å². The second-order valence-corrected chi connectivity index (χ2v) is 9.68. The van der Waals surface area contributed by atoms with Crippen LogP contribution >= 0.6 is 11.3 Å². The molecule has 0 aliphatic carbocycles. The van der Waals surface area contributed by atoms with Crippen molar-refractivity contribution in [3.05, 3.63) is 89.5 Å². The van der Waals surface area contributed by atoms with Crippen molar-refractivity contribution in [2.75, 3.05) is 4.31 Å². The number of benzene rings is 3. The van der Waals surface area contributed by atoms with E-state index >= 15 is 0 Å². The minimum Gasteiger partial charge on any atom is -0.508 e. The number of aromatic hydroxyl groups is 1. The van der Waals surface area contributed by atoms with Crippen molar-refractivity contribution in [2.24, 2.45) is 0 Å². The Kier molecular flexibility index (Phi) is 5.21. The first-order chi connectivity index (χ1) is 14.3. The Balaban J connectivity index is 1.88. The zero-order valence-electron chi connectivity index (χ0n) is 15.8. The van der Waals surface area contributed by atoms with Gasteiger partial charge in [0.05, 0.1) is 11.4 Å². The van der Waals surface area contributed by atoms with Crippen molar-refractivity contribution < 1.29 is 22.3 Å². The average Bonchev–Trinajstić information content (AvgIpc) is 3.05. The highest BCUT2D eigenvalue weighted by Gasteiger charge is 2.29. The van der Waals surface area contributed by atoms with Crippen LogP contribution in [0, 0.1) is 18.6 Å². The topological polar surface area (TPSA) is 57.6 Å². The fourth-order valence-electron chi connectivity index (χ4n) is 3.21. The number of phenolic OH excluding ortho intramolecular Hbond substituents is 1. The second kappa shape index (κ2) is 7.70. The Hall–Kier alpha value is -2.97. The summed E-state index contributed by atoms with van der Waals surface area (Å²) >= 11 is 1.31. The number of phenols is 1. The van der Waals surface area contributed by atoms with E-state index in [1.807, 2.05) is 31.2 Å². The van der Waals surface area contributed by atoms with Crippen LogP contribution in [0.1, 0.15) is 11.1 Å². The van der Waals surface area contributed by atoms with Crippen LogP contribution in [0.4, 0.5) is 13.8 Å². The normalized spacial score (nSPS) is 11.7. The van der Waals surface area contributed by atoms with Gasteiger partial charge in [-0.1, -0.05) is 24.3 Å². The number of thiophene rings is 1. The molecule has 1 N–H and O–H groups in total. The maximum absolute atomic E-state index is 13.8. The number of aryl methyl sites for hydroxylation is 1. The third kappa shape index (κ3) is 3.64. The van der Waals surface area contributed by atoms with Gasteiger partial charge in [0.2, 0.25) is 0 Å². The standard InChI is InChI=1S/C22H17F2NO3S2/c1-14-18-4-2-3-5-21(18)29-22(14)25(13-15-6-11-19(23)20(24)12-15)30(27,28)17-9-7-16(26)8-10-17/h2-12,26H,13H2,1H3. The summed E-state index contributed by atoms with van der Waals surface area (Å²) in [7, 11) is -4.05. The lowest BCUT2D eigenvalue weighted by atomic mass is 10.2. The predicted octanol–water partition coefficient (Wildman–Crippen LogP) is 5.59. The molecule has 3 aromatic carbocycles. The van der Waals surface area contributed by atoms with Gasteiger partial charge in [-0.05, 0) is 65.9 Å². The van der Waals surface area contributed by atoms with Crippen LogP contribution in [0.5, 0.6) is 5.75 Å². The fourth-order valence-corrected chi connectivity index (χ4v) is 6.14. The quantitative estimate of drug-likeness (QED) is 0.436. The summed E-state index contributed by atoms with van der Waals surface area (Å²) in [6, 6.07) is 16.1. The molecule has 0 atom stereocenters. The highest BCUT2D eigenvalue weighted by Crippen LogP contribution is 2.40. The zero-order valence-corrected chi connectivity index (χ0v) is 17.5. The maximum Gasteiger partial charge on any atom is 0.265 e. The van der Waals surface area contributed by atoms with E-state index in [0.717, 1.165) is 27.8 Å². The summed E-state index contributed by atoms with van der Waals surface area (Å²) in [6.45, 7) is 1.66. The van der Waals surface area contributed by atoms with Gasteiger partial charge in [0, 0.05) is 4.70 Å². The molecule has 0 saturated carbocycles. The summed E-state index contributed by atoms with van der Waals surface area (Å²) in [5.74, 6) is -2.09. The Labute approximate surface area is 176 Å². The number of fused-ring (bicyclic) bond motifs is 1. The van der Waals surface area contributed by atoms with Crippen molar-refractivity contribution >= 4 is 36.4 Å². The first kappa shape index (κ1) is 20.3. The monoisotopic (exact) mass is 445 g/mol. The molecule has 154 valence electrons. The summed E-state index contributed by atoms with van der Waals surface area (Å²) in [5.41, 5.74) is 1.09. The van der Waals surface area contributed by atoms with Gasteiger partial charge in [-0.15, -0.1) is 11.3 Å². The number of hydrogen-bond acceptors (Lipinski definition) is 4. The molecule has 0 spiro atoms. The van der Waals surface area contributed by atoms with E-state index in [4.69, 9.17) is 0 Å². The molecule has 4 rings (SSSR count). The molecule has 0 unspecified atom stereocenters. The third-order valence-corrected chi connectivity index (χ3v) is 7.95. The Morgan fingerprint density at radius 2 is 1.67 bits per heavy atom. The Morgan fingerprint density at radius 1 is 0.967 bits per heavy atom. The van der Waals surface area contributed by atoms with Crippen molar-refractivity contribution in [1.29, 1.82) is 0 Å². The molecule has 1 heterocycles. The number of nitrogens with zero attached hydrogens (tertiary/aromatic N) is 1. The summed E-state index contributed by atoms with van der Waals surface area (Å²) in [6.07, 6.45) is 0. The SMILES string of the molecule is Cc1c(N(Cc2ccc(F)c(F)c2)S(=O)(=O)c2ccc(O)cc2)sc2ccccc12. The van der Waals surface area contributed by atoms with Gasteiger partial charge in [0.25, 0.3) is 10.0 Å². The highest BCUT2D eigenvalue weighted by atomic mass is 32.2. The summed E-state index contributed by atoms with van der Waals surface area (Å²) in [4.78, 5) is -0.0141. The first-order valence-electron chi connectivity index (χ1n) is 9.01. The van der Waals surface area contributed by atoms with Crippen LogP contribution in [0.3, 0.4) is 0 Å². The van der Waals surface area contributed by atoms with E-state index < -0.39 is 21.7 Å². The van der Waals surface area contributed by atoms with E-state index in [1.165, 1.54) is 46.0 Å². The molecular formula is C22H17F2NO3S2. The molecule has 30 heavy (non-hydrogen) atoms. The molecule has 0 aliphatic rings. The van der Waals surface area contributed by atoms with Crippen LogP contribution in [0.25, 0.3) is 10.1 Å². The molecule has 0 amide bonds. The average molecular weight is 446 g/mol. The Morgan fingerprint density at radius 3 is 2.33 bits per heavy atom. The smallest absolute Gasteiger partial charge is 0.265 e. The van der Waals surface area contributed by atoms with Crippen LogP contribution in [-0.2, 0) is 16.6 Å². The summed E-state index contributed by atoms with van der Waals surface area (Å²) < 4.78 is 56.3. The molecule has 0 fully saturated rings. The van der Waals surface area contributed by atoms with Gasteiger partial charge in [0.1, 0.15) is 10.8 Å². The molecular weight excluding hydrogens is 428 g/mol. The zero-order chi connectivity index (χ0) is 21.5. The van der Waals surface area contributed by atoms with Crippen LogP contribution in [0.15, 0.2) is 71.6 Å². The van der Waals surface area contributed by atoms with E-state index in [1.54, 1.807) is 0 Å². The molecule has 4 aromatic rings. The van der Waals surface area contributed by atoms with Crippen molar-refractivity contribution in [3.8, 4) is 5.75 Å². The maximum atomic E-state index is 13.8. The third-order valence-electron chi connectivity index (χ3n) is 4.78. The lowest BCUT2D eigenvalue weighted by molar-refractivity contribution is 0.474. The number of anilines is 1. The molecule has 0 aliphatic heterocycles. The van der Waals surface area contributed by atoms with E-state index in [-0.39, 0.29) is 17.2 Å². The lowest BCUT2D eigenvalue weighted by Gasteiger charge is -2.24. The number of rotatable bonds is 5. The number of sulfonamides is 1. The molecule has 1 aromatic heterocycles. The van der Waals surface area contributed by atoms with Gasteiger partial charge in [-0.25, -0.2) is 17.2 Å². The fraction of sp³-hybridized carbons (Fsp3) is 0.0909. The summed E-state index contributed by atoms with van der Waals surface area (Å²) in [5, 5.41) is 10.9. The van der Waals surface area contributed by atoms with Gasteiger partial charge in [-0.2, -0.15) is 0 Å². The highest BCUT2D eigenvalue weighted by molar-refractivity contribution is 7.93. The first-order valence-corrected chi connectivity index (χ1v) is 11.3. The minimum atomic E-state index is -4.05. The van der Waals surface area contributed by atoms with Crippen LogP contribution < -0.4 is 4.31 Å². The predicted molar refractivity (Wildman–Crippen MR) is 114 cm³/mol. The number of halogens is 2. The molecule has 0 bridgehead atoms. The molecule has 4 nitrogen and oxygen atoms in total. The second-order valence-electron chi connectivity index (χ2n) is 6.78. The van der Waals surface area contributed by atoms with Crippen molar-refractivity contribution in [1.82, 2.24) is 0 Å². The lowest BCUT2D eigenvalue weighted by Crippen LogP contribution is -2.30. The van der Waals surface area contributed by atoms with Crippen LogP contribution in [-0.4, -0.2) is 13.5 Å². The Bertz CT molecular complexity index is 1330. The van der Waals surface area contributed by atoms with Crippen LogP contribution in [0.2, 0.25) is 0 Å².